The molecule has 0 saturated heterocycles. The van der Waals surface area contributed by atoms with Crippen molar-refractivity contribution in [2.24, 2.45) is 0 Å². The number of rotatable bonds is 5. The van der Waals surface area contributed by atoms with Crippen LogP contribution in [0.25, 0.3) is 0 Å². The molecule has 0 amide bonds. The number of allylic oxidation sites excluding steroid dienone is 1. The van der Waals surface area contributed by atoms with Crippen LogP contribution in [0.2, 0.25) is 0 Å². The highest BCUT2D eigenvalue weighted by Gasteiger charge is 2.11. The topological polar surface area (TPSA) is 18.5 Å². The van der Waals surface area contributed by atoms with E-state index in [1.807, 2.05) is 54.6 Å². The summed E-state index contributed by atoms with van der Waals surface area (Å²) in [6.45, 7) is 3.90. The van der Waals surface area contributed by atoms with E-state index in [-0.39, 0.29) is 0 Å². The van der Waals surface area contributed by atoms with Crippen LogP contribution in [0.5, 0.6) is 11.5 Å². The molecule has 0 unspecified atom stereocenters. The van der Waals surface area contributed by atoms with Gasteiger partial charge >= 0.3 is 0 Å². The Hall–Kier alpha value is -2.22. The minimum atomic E-state index is 0.849. The zero-order chi connectivity index (χ0) is 13.7. The van der Waals surface area contributed by atoms with Gasteiger partial charge in [0.1, 0.15) is 11.5 Å². The van der Waals surface area contributed by atoms with E-state index in [4.69, 9.17) is 9.47 Å². The maximum Gasteiger partial charge on any atom is 0.118 e. The summed E-state index contributed by atoms with van der Waals surface area (Å²) in [4.78, 5) is 0. The molecule has 97 valence electrons. The average Bonchev–Trinajstić information content (AvgIpc) is 2.49. The van der Waals surface area contributed by atoms with Crippen molar-refractivity contribution in [2.75, 3.05) is 14.2 Å². The molecular formula is C17H17O2. The molecule has 0 spiro atoms. The van der Waals surface area contributed by atoms with Crippen LogP contribution in [0.4, 0.5) is 0 Å². The third-order valence-electron chi connectivity index (χ3n) is 3.01. The van der Waals surface area contributed by atoms with Gasteiger partial charge in [0.15, 0.2) is 0 Å². The van der Waals surface area contributed by atoms with Crippen LogP contribution in [0.15, 0.2) is 61.2 Å². The first-order valence-corrected chi connectivity index (χ1v) is 6.06. The molecule has 0 aliphatic heterocycles. The highest BCUT2D eigenvalue weighted by Crippen LogP contribution is 2.27. The lowest BCUT2D eigenvalue weighted by molar-refractivity contribution is 0.414. The largest absolute Gasteiger partial charge is 0.497 e. The Balaban J connectivity index is 2.29. The molecule has 0 atom stereocenters. The molecule has 2 rings (SSSR count). The molecule has 0 aliphatic rings. The van der Waals surface area contributed by atoms with Crippen molar-refractivity contribution < 1.29 is 9.47 Å². The van der Waals surface area contributed by atoms with E-state index < -0.39 is 0 Å². The lowest BCUT2D eigenvalue weighted by Crippen LogP contribution is -1.98. The molecule has 19 heavy (non-hydrogen) atoms. The molecule has 0 fully saturated rings. The first-order valence-electron chi connectivity index (χ1n) is 6.06. The summed E-state index contributed by atoms with van der Waals surface area (Å²) in [5, 5.41) is 0. The van der Waals surface area contributed by atoms with Crippen LogP contribution in [0.1, 0.15) is 11.1 Å². The van der Waals surface area contributed by atoms with Crippen molar-refractivity contribution in [3.05, 3.63) is 78.2 Å². The lowest BCUT2D eigenvalue weighted by atomic mass is 9.91. The molecule has 2 aromatic rings. The smallest absolute Gasteiger partial charge is 0.118 e. The second kappa shape index (κ2) is 6.10. The Morgan fingerprint density at radius 3 is 1.42 bits per heavy atom. The summed E-state index contributed by atoms with van der Waals surface area (Å²) in [7, 11) is 3.33. The van der Waals surface area contributed by atoms with E-state index in [2.05, 4.69) is 6.58 Å². The van der Waals surface area contributed by atoms with E-state index in [0.29, 0.717) is 0 Å². The van der Waals surface area contributed by atoms with Crippen LogP contribution < -0.4 is 9.47 Å². The lowest BCUT2D eigenvalue weighted by Gasteiger charge is -2.13. The van der Waals surface area contributed by atoms with Gasteiger partial charge in [-0.3, -0.25) is 0 Å². The normalized spacial score (nSPS) is 10.3. The second-order valence-electron chi connectivity index (χ2n) is 4.07. The van der Waals surface area contributed by atoms with Crippen molar-refractivity contribution in [2.45, 2.75) is 0 Å². The van der Waals surface area contributed by atoms with Crippen LogP contribution in [0.3, 0.4) is 0 Å². The van der Waals surface area contributed by atoms with Gasteiger partial charge in [-0.1, -0.05) is 30.3 Å². The Morgan fingerprint density at radius 2 is 1.16 bits per heavy atom. The maximum absolute atomic E-state index is 5.17. The molecule has 0 N–H and O–H groups in total. The Kier molecular flexibility index (Phi) is 4.24. The van der Waals surface area contributed by atoms with Crippen LogP contribution in [-0.2, 0) is 0 Å². The first-order chi connectivity index (χ1) is 9.28. The molecule has 1 radical (unpaired) electrons. The number of ether oxygens (including phenoxy) is 2. The van der Waals surface area contributed by atoms with Gasteiger partial charge < -0.3 is 9.47 Å². The number of hydrogen-bond acceptors (Lipinski definition) is 2. The third kappa shape index (κ3) is 2.97. The Morgan fingerprint density at radius 1 is 0.789 bits per heavy atom. The number of hydrogen-bond donors (Lipinski definition) is 0. The number of methoxy groups -OCH3 is 2. The molecule has 0 aromatic heterocycles. The quantitative estimate of drug-likeness (QED) is 0.805. The van der Waals surface area contributed by atoms with E-state index in [9.17, 15) is 0 Å². The fraction of sp³-hybridized carbons (Fsp3) is 0.118. The van der Waals surface area contributed by atoms with Crippen molar-refractivity contribution in [1.82, 2.24) is 0 Å². The summed E-state index contributed by atoms with van der Waals surface area (Å²) in [5.41, 5.74) is 2.22. The summed E-state index contributed by atoms with van der Waals surface area (Å²) in [5.74, 6) is 2.79. The number of benzene rings is 2. The van der Waals surface area contributed by atoms with Gasteiger partial charge in [0.2, 0.25) is 0 Å². The second-order valence-corrected chi connectivity index (χ2v) is 4.07. The zero-order valence-electron chi connectivity index (χ0n) is 11.2. The summed E-state index contributed by atoms with van der Waals surface area (Å²) in [6.07, 6.45) is 1.86. The summed E-state index contributed by atoms with van der Waals surface area (Å²) >= 11 is 0. The molecule has 2 nitrogen and oxygen atoms in total. The van der Waals surface area contributed by atoms with Gasteiger partial charge in [0.25, 0.3) is 0 Å². The molecular weight excluding hydrogens is 236 g/mol. The van der Waals surface area contributed by atoms with E-state index >= 15 is 0 Å². The fourth-order valence-electron chi connectivity index (χ4n) is 1.94. The van der Waals surface area contributed by atoms with E-state index in [1.54, 1.807) is 14.2 Å². The fourth-order valence-corrected chi connectivity index (χ4v) is 1.94. The highest BCUT2D eigenvalue weighted by molar-refractivity contribution is 5.52. The van der Waals surface area contributed by atoms with Crippen molar-refractivity contribution in [3.63, 3.8) is 0 Å². The van der Waals surface area contributed by atoms with Crippen molar-refractivity contribution in [1.29, 1.82) is 0 Å². The van der Waals surface area contributed by atoms with Crippen LogP contribution in [0, 0.1) is 5.92 Å². The maximum atomic E-state index is 5.17. The van der Waals surface area contributed by atoms with E-state index in [1.165, 1.54) is 0 Å². The minimum Gasteiger partial charge on any atom is -0.497 e. The summed E-state index contributed by atoms with van der Waals surface area (Å²) in [6, 6.07) is 15.9. The molecule has 0 aliphatic carbocycles. The highest BCUT2D eigenvalue weighted by atomic mass is 16.5. The molecule has 0 saturated carbocycles. The SMILES string of the molecule is C=C[C](c1ccc(OC)cc1)c1ccc(OC)cc1. The molecule has 2 heteroatoms. The van der Waals surface area contributed by atoms with Gasteiger partial charge in [0.05, 0.1) is 20.1 Å². The van der Waals surface area contributed by atoms with E-state index in [0.717, 1.165) is 28.5 Å². The standard InChI is InChI=1S/C17H17O2/c1-4-17(13-5-9-15(18-2)10-6-13)14-7-11-16(19-3)12-8-14/h4-12H,1H2,2-3H3. The zero-order valence-corrected chi connectivity index (χ0v) is 11.2. The average molecular weight is 253 g/mol. The predicted octanol–water partition coefficient (Wildman–Crippen LogP) is 3.86. The Bertz CT molecular complexity index is 479. The minimum absolute atomic E-state index is 0.849. The van der Waals surface area contributed by atoms with Crippen LogP contribution in [-0.4, -0.2) is 14.2 Å². The molecule has 0 heterocycles. The first kappa shape index (κ1) is 13.2. The van der Waals surface area contributed by atoms with Gasteiger partial charge in [-0.05, 0) is 35.4 Å². The van der Waals surface area contributed by atoms with Gasteiger partial charge in [-0.2, -0.15) is 0 Å². The van der Waals surface area contributed by atoms with Crippen molar-refractivity contribution >= 4 is 0 Å². The van der Waals surface area contributed by atoms with Gasteiger partial charge in [-0.15, -0.1) is 6.58 Å². The Labute approximate surface area is 114 Å². The van der Waals surface area contributed by atoms with Crippen molar-refractivity contribution in [3.8, 4) is 11.5 Å². The van der Waals surface area contributed by atoms with Gasteiger partial charge in [-0.25, -0.2) is 0 Å². The molecule has 2 aromatic carbocycles. The predicted molar refractivity (Wildman–Crippen MR) is 77.6 cm³/mol. The third-order valence-corrected chi connectivity index (χ3v) is 3.01. The summed E-state index contributed by atoms with van der Waals surface area (Å²) < 4.78 is 10.3. The molecule has 0 bridgehead atoms. The van der Waals surface area contributed by atoms with Crippen LogP contribution >= 0.6 is 0 Å². The van der Waals surface area contributed by atoms with Gasteiger partial charge in [0, 0.05) is 0 Å². The monoisotopic (exact) mass is 253 g/mol.